The van der Waals surface area contributed by atoms with Gasteiger partial charge in [0.2, 0.25) is 5.88 Å². The average Bonchev–Trinajstić information content (AvgIpc) is 3.84. The lowest BCUT2D eigenvalue weighted by Gasteiger charge is -2.39. The number of azo groups is 1. The maximum atomic E-state index is 16.0. The molecule has 2 fully saturated rings. The number of nitrogens with zero attached hydrogens (tertiary/aromatic N) is 6. The number of urea groups is 1. The standard InChI is InChI=1S/C32H36FN7O6/c1-37(12-13-39-24-8-4-3-7-21(24)26(31(39)44)35-36-32(34)45)20-6-5-11-38(17-20)28-23(33)15-22-27(30(28)46-2)40(19-9-10-19)16-18(29(22)43)14-25(41)42/h3-4,7-8,15-16,19-20,44H,5-6,9-14,17H2,1-2H3,(H2,34,45)(H,41,42). The fourth-order valence-electron chi connectivity index (χ4n) is 6.57. The van der Waals surface area contributed by atoms with Crippen molar-refractivity contribution in [2.45, 2.75) is 50.7 Å². The summed E-state index contributed by atoms with van der Waals surface area (Å²) in [6, 6.07) is 7.66. The van der Waals surface area contributed by atoms with E-state index in [9.17, 15) is 24.6 Å². The number of aliphatic carboxylic acids is 1. The Morgan fingerprint density at radius 2 is 1.96 bits per heavy atom. The van der Waals surface area contributed by atoms with Crippen LogP contribution in [-0.2, 0) is 17.8 Å². The molecule has 1 unspecified atom stereocenters. The van der Waals surface area contributed by atoms with Crippen LogP contribution < -0.4 is 20.8 Å². The molecular formula is C32H36FN7O6. The number of primary amides is 1. The number of carboxylic acid groups (broad SMARTS) is 1. The van der Waals surface area contributed by atoms with E-state index in [0.717, 1.165) is 31.2 Å². The quantitative estimate of drug-likeness (QED) is 0.214. The van der Waals surface area contributed by atoms with Gasteiger partial charge in [0.05, 0.1) is 30.0 Å². The van der Waals surface area contributed by atoms with Crippen LogP contribution in [-0.4, -0.2) is 76.1 Å². The fourth-order valence-corrected chi connectivity index (χ4v) is 6.57. The zero-order valence-electron chi connectivity index (χ0n) is 25.6. The van der Waals surface area contributed by atoms with Crippen LogP contribution in [0.3, 0.4) is 0 Å². The van der Waals surface area contributed by atoms with Crippen LogP contribution in [0.25, 0.3) is 21.8 Å². The van der Waals surface area contributed by atoms with Crippen LogP contribution in [0, 0.1) is 5.82 Å². The van der Waals surface area contributed by atoms with E-state index in [1.165, 1.54) is 13.2 Å². The smallest absolute Gasteiger partial charge is 0.356 e. The summed E-state index contributed by atoms with van der Waals surface area (Å²) in [4.78, 5) is 40.0. The van der Waals surface area contributed by atoms with Crippen molar-refractivity contribution in [2.75, 3.05) is 38.7 Å². The Labute approximate surface area is 263 Å². The highest BCUT2D eigenvalue weighted by Gasteiger charge is 2.33. The van der Waals surface area contributed by atoms with Gasteiger partial charge >= 0.3 is 12.0 Å². The van der Waals surface area contributed by atoms with Crippen LogP contribution in [0.15, 0.2) is 51.6 Å². The number of likely N-dealkylation sites (N-methyl/N-ethyl adjacent to an activating group) is 1. The number of carbonyl (C=O) groups excluding carboxylic acids is 1. The van der Waals surface area contributed by atoms with Crippen LogP contribution >= 0.6 is 0 Å². The monoisotopic (exact) mass is 633 g/mol. The minimum absolute atomic E-state index is 0.0371. The normalized spacial score (nSPS) is 17.0. The molecule has 0 bridgehead atoms. The van der Waals surface area contributed by atoms with Crippen molar-refractivity contribution in [1.82, 2.24) is 14.0 Å². The predicted molar refractivity (Wildman–Crippen MR) is 170 cm³/mol. The summed E-state index contributed by atoms with van der Waals surface area (Å²) >= 11 is 0. The van der Waals surface area contributed by atoms with Crippen molar-refractivity contribution in [3.05, 3.63) is 58.1 Å². The molecule has 1 atom stereocenters. The van der Waals surface area contributed by atoms with Gasteiger partial charge in [0.1, 0.15) is 5.69 Å². The first kappa shape index (κ1) is 31.0. The maximum Gasteiger partial charge on any atom is 0.356 e. The summed E-state index contributed by atoms with van der Waals surface area (Å²) < 4.78 is 25.4. The SMILES string of the molecule is COc1c(N2CCCC(N(C)CCn3c(O)c(N=NC(N)=O)c4ccccc43)C2)c(F)cc2c(=O)c(CC(=O)O)cn(C3CC3)c12. The van der Waals surface area contributed by atoms with Gasteiger partial charge in [-0.05, 0) is 44.9 Å². The molecule has 1 saturated heterocycles. The molecule has 1 saturated carbocycles. The van der Waals surface area contributed by atoms with Gasteiger partial charge < -0.3 is 34.7 Å². The second kappa shape index (κ2) is 12.4. The summed E-state index contributed by atoms with van der Waals surface area (Å²) in [5.41, 5.74) is 6.39. The van der Waals surface area contributed by atoms with Crippen molar-refractivity contribution < 1.29 is 28.9 Å². The summed E-state index contributed by atoms with van der Waals surface area (Å²) in [5.74, 6) is -1.58. The lowest BCUT2D eigenvalue weighted by molar-refractivity contribution is -0.136. The number of methoxy groups -OCH3 is 1. The van der Waals surface area contributed by atoms with Gasteiger partial charge in [-0.15, -0.1) is 5.11 Å². The van der Waals surface area contributed by atoms with Gasteiger partial charge in [-0.2, -0.15) is 0 Å². The number of anilines is 1. The molecule has 2 aliphatic rings. The number of hydrogen-bond acceptors (Lipinski definition) is 8. The van der Waals surface area contributed by atoms with Gasteiger partial charge in [0, 0.05) is 55.4 Å². The van der Waals surface area contributed by atoms with Gasteiger partial charge in [-0.3, -0.25) is 14.5 Å². The molecule has 1 aliphatic heterocycles. The number of pyridine rings is 1. The summed E-state index contributed by atoms with van der Waals surface area (Å²) in [6.45, 7) is 2.04. The highest BCUT2D eigenvalue weighted by Crippen LogP contribution is 2.44. The molecule has 3 heterocycles. The molecule has 2 aromatic heterocycles. The van der Waals surface area contributed by atoms with Gasteiger partial charge in [-0.25, -0.2) is 9.18 Å². The first-order chi connectivity index (χ1) is 22.1. The zero-order chi connectivity index (χ0) is 32.7. The van der Waals surface area contributed by atoms with E-state index in [1.807, 2.05) is 28.6 Å². The Morgan fingerprint density at radius 3 is 2.65 bits per heavy atom. The number of fused-ring (bicyclic) bond motifs is 2. The van der Waals surface area contributed by atoms with Gasteiger partial charge in [0.25, 0.3) is 0 Å². The Morgan fingerprint density at radius 1 is 1.20 bits per heavy atom. The second-order valence-corrected chi connectivity index (χ2v) is 11.9. The number of nitrogens with two attached hydrogens (primary N) is 1. The predicted octanol–water partition coefficient (Wildman–Crippen LogP) is 4.53. The zero-order valence-corrected chi connectivity index (χ0v) is 25.6. The Hall–Kier alpha value is -4.98. The van der Waals surface area contributed by atoms with E-state index in [4.69, 9.17) is 10.5 Å². The van der Waals surface area contributed by atoms with E-state index in [-0.39, 0.29) is 46.0 Å². The van der Waals surface area contributed by atoms with Crippen LogP contribution in [0.5, 0.6) is 11.6 Å². The van der Waals surface area contributed by atoms with Crippen molar-refractivity contribution in [1.29, 1.82) is 0 Å². The van der Waals surface area contributed by atoms with E-state index in [1.54, 1.807) is 22.9 Å². The number of carbonyl (C=O) groups is 2. The topological polar surface area (TPSA) is 168 Å². The molecule has 0 spiro atoms. The summed E-state index contributed by atoms with van der Waals surface area (Å²) in [6.07, 6.45) is 4.55. The Kier molecular flexibility index (Phi) is 8.38. The molecule has 2 aromatic carbocycles. The number of hydrogen-bond donors (Lipinski definition) is 3. The van der Waals surface area contributed by atoms with Gasteiger partial charge in [0.15, 0.2) is 22.7 Å². The van der Waals surface area contributed by atoms with Crippen LogP contribution in [0.2, 0.25) is 0 Å². The Bertz CT molecular complexity index is 1930. The van der Waals surface area contributed by atoms with Crippen molar-refractivity contribution >= 4 is 45.2 Å². The van der Waals surface area contributed by atoms with E-state index >= 15 is 4.39 Å². The molecule has 14 heteroatoms. The van der Waals surface area contributed by atoms with Crippen molar-refractivity contribution in [3.63, 3.8) is 0 Å². The third kappa shape index (κ3) is 5.75. The highest BCUT2D eigenvalue weighted by atomic mass is 19.1. The number of rotatable bonds is 10. The van der Waals surface area contributed by atoms with Crippen molar-refractivity contribution in [3.8, 4) is 11.6 Å². The maximum absolute atomic E-state index is 16.0. The minimum Gasteiger partial charge on any atom is -0.493 e. The number of aromatic nitrogens is 2. The third-order valence-corrected chi connectivity index (χ3v) is 8.94. The molecule has 242 valence electrons. The highest BCUT2D eigenvalue weighted by molar-refractivity contribution is 5.95. The van der Waals surface area contributed by atoms with Crippen molar-refractivity contribution in [2.24, 2.45) is 16.0 Å². The largest absolute Gasteiger partial charge is 0.493 e. The Balaban J connectivity index is 1.28. The molecule has 4 N–H and O–H groups in total. The minimum atomic E-state index is -1.12. The third-order valence-electron chi connectivity index (χ3n) is 8.94. The molecule has 46 heavy (non-hydrogen) atoms. The number of halogens is 1. The summed E-state index contributed by atoms with van der Waals surface area (Å²) in [5, 5.41) is 28.4. The van der Waals surface area contributed by atoms with E-state index < -0.39 is 29.7 Å². The number of para-hydroxylation sites is 1. The molecule has 13 nitrogen and oxygen atoms in total. The number of aromatic hydroxyl groups is 1. The lowest BCUT2D eigenvalue weighted by atomic mass is 10.0. The molecule has 6 rings (SSSR count). The fraction of sp³-hybridized carbons (Fsp3) is 0.406. The molecule has 1 aliphatic carbocycles. The van der Waals surface area contributed by atoms with E-state index in [2.05, 4.69) is 15.1 Å². The number of ether oxygens (including phenoxy) is 1. The molecule has 2 amide bonds. The van der Waals surface area contributed by atoms with E-state index in [0.29, 0.717) is 37.1 Å². The molecular weight excluding hydrogens is 597 g/mol. The first-order valence-corrected chi connectivity index (χ1v) is 15.2. The van der Waals surface area contributed by atoms with Crippen LogP contribution in [0.4, 0.5) is 20.6 Å². The number of amides is 2. The lowest BCUT2D eigenvalue weighted by Crippen LogP contribution is -2.47. The number of piperidine rings is 1. The first-order valence-electron chi connectivity index (χ1n) is 15.2. The second-order valence-electron chi connectivity index (χ2n) is 11.9. The molecule has 4 aromatic rings. The van der Waals surface area contributed by atoms with Gasteiger partial charge in [-0.1, -0.05) is 23.3 Å². The molecule has 0 radical (unpaired) electrons. The van der Waals surface area contributed by atoms with Crippen LogP contribution in [0.1, 0.15) is 37.3 Å². The number of carboxylic acids is 1. The average molecular weight is 634 g/mol. The summed E-state index contributed by atoms with van der Waals surface area (Å²) in [7, 11) is 3.44. The number of benzene rings is 2.